The summed E-state index contributed by atoms with van der Waals surface area (Å²) < 4.78 is 24.4. The summed E-state index contributed by atoms with van der Waals surface area (Å²) in [5.41, 5.74) is 1.35. The van der Waals surface area contributed by atoms with Gasteiger partial charge in [0.2, 0.25) is 5.95 Å². The summed E-state index contributed by atoms with van der Waals surface area (Å²) in [5.74, 6) is 1.62. The predicted molar refractivity (Wildman–Crippen MR) is 103 cm³/mol. The molecule has 1 aliphatic heterocycles. The highest BCUT2D eigenvalue weighted by atomic mass is 19.1. The van der Waals surface area contributed by atoms with Crippen molar-refractivity contribution in [3.8, 4) is 17.0 Å². The molecule has 2 aromatic heterocycles. The van der Waals surface area contributed by atoms with Crippen LogP contribution in [0.1, 0.15) is 6.92 Å². The molecule has 3 aromatic rings. The first-order chi connectivity index (χ1) is 13.6. The van der Waals surface area contributed by atoms with E-state index in [4.69, 9.17) is 9.47 Å². The summed E-state index contributed by atoms with van der Waals surface area (Å²) in [5, 5.41) is 10.3. The van der Waals surface area contributed by atoms with E-state index in [0.29, 0.717) is 42.1 Å². The molecule has 8 nitrogen and oxygen atoms in total. The van der Waals surface area contributed by atoms with Crippen LogP contribution < -0.4 is 15.0 Å². The number of anilines is 3. The van der Waals surface area contributed by atoms with Crippen LogP contribution in [0.25, 0.3) is 11.3 Å². The molecule has 1 unspecified atom stereocenters. The SMILES string of the molecule is COc1ccc(-c2cc(Nc3ccnc(N4CCOCC4C)n3)n[nH]2)cc1F. The maximum Gasteiger partial charge on any atom is 0.227 e. The van der Waals surface area contributed by atoms with E-state index in [1.807, 2.05) is 0 Å². The fourth-order valence-corrected chi connectivity index (χ4v) is 3.08. The van der Waals surface area contributed by atoms with Crippen molar-refractivity contribution in [2.75, 3.05) is 37.1 Å². The number of morpholine rings is 1. The molecule has 0 radical (unpaired) electrons. The van der Waals surface area contributed by atoms with E-state index in [0.717, 1.165) is 6.54 Å². The third-order valence-electron chi connectivity index (χ3n) is 4.56. The molecule has 1 atom stereocenters. The highest BCUT2D eigenvalue weighted by Gasteiger charge is 2.21. The number of nitrogens with one attached hydrogen (secondary N) is 2. The van der Waals surface area contributed by atoms with Crippen molar-refractivity contribution in [3.05, 3.63) is 42.3 Å². The Kier molecular flexibility index (Phi) is 5.07. The summed E-state index contributed by atoms with van der Waals surface area (Å²) in [6.45, 7) is 4.14. The number of H-pyrrole nitrogens is 1. The van der Waals surface area contributed by atoms with Gasteiger partial charge in [-0.05, 0) is 31.2 Å². The standard InChI is InChI=1S/C19H21FN6O2/c1-12-11-28-8-7-26(12)19-21-6-5-17(23-19)22-18-10-15(24-25-18)13-3-4-16(27-2)14(20)9-13/h3-6,9-10,12H,7-8,11H2,1-2H3,(H2,21,22,23,24,25). The molecule has 0 amide bonds. The molecule has 1 fully saturated rings. The molecule has 0 spiro atoms. The Morgan fingerprint density at radius 2 is 2.18 bits per heavy atom. The quantitative estimate of drug-likeness (QED) is 0.699. The van der Waals surface area contributed by atoms with Crippen molar-refractivity contribution in [3.63, 3.8) is 0 Å². The van der Waals surface area contributed by atoms with Gasteiger partial charge in [-0.2, -0.15) is 10.1 Å². The van der Waals surface area contributed by atoms with Gasteiger partial charge in [-0.1, -0.05) is 0 Å². The van der Waals surface area contributed by atoms with E-state index in [-0.39, 0.29) is 11.8 Å². The van der Waals surface area contributed by atoms with Crippen LogP contribution in [-0.2, 0) is 4.74 Å². The van der Waals surface area contributed by atoms with Gasteiger partial charge < -0.3 is 19.7 Å². The summed E-state index contributed by atoms with van der Waals surface area (Å²) in [7, 11) is 1.43. The molecule has 0 bridgehead atoms. The molecule has 1 aliphatic rings. The minimum Gasteiger partial charge on any atom is -0.494 e. The molecule has 4 rings (SSSR count). The van der Waals surface area contributed by atoms with E-state index in [9.17, 15) is 4.39 Å². The fourth-order valence-electron chi connectivity index (χ4n) is 3.08. The van der Waals surface area contributed by atoms with Crippen molar-refractivity contribution >= 4 is 17.6 Å². The van der Waals surface area contributed by atoms with Crippen LogP contribution in [-0.4, -0.2) is 53.1 Å². The number of aromatic amines is 1. The number of halogens is 1. The van der Waals surface area contributed by atoms with Crippen molar-refractivity contribution in [2.45, 2.75) is 13.0 Å². The zero-order valence-electron chi connectivity index (χ0n) is 15.6. The third kappa shape index (κ3) is 3.74. The minimum absolute atomic E-state index is 0.201. The number of methoxy groups -OCH3 is 1. The van der Waals surface area contributed by atoms with E-state index >= 15 is 0 Å². The van der Waals surface area contributed by atoms with Crippen molar-refractivity contribution in [1.29, 1.82) is 0 Å². The average Bonchev–Trinajstić information content (AvgIpc) is 3.17. The van der Waals surface area contributed by atoms with Gasteiger partial charge in [0.15, 0.2) is 17.4 Å². The van der Waals surface area contributed by atoms with Crippen molar-refractivity contribution in [2.24, 2.45) is 0 Å². The first-order valence-electron chi connectivity index (χ1n) is 8.98. The van der Waals surface area contributed by atoms with E-state index < -0.39 is 5.82 Å². The molecule has 9 heteroatoms. The Morgan fingerprint density at radius 1 is 1.29 bits per heavy atom. The van der Waals surface area contributed by atoms with Crippen LogP contribution >= 0.6 is 0 Å². The third-order valence-corrected chi connectivity index (χ3v) is 4.56. The average molecular weight is 384 g/mol. The Balaban J connectivity index is 1.51. The number of nitrogens with zero attached hydrogens (tertiary/aromatic N) is 4. The minimum atomic E-state index is -0.427. The first kappa shape index (κ1) is 18.2. The van der Waals surface area contributed by atoms with Gasteiger partial charge in [-0.3, -0.25) is 5.10 Å². The van der Waals surface area contributed by atoms with Crippen LogP contribution in [0.2, 0.25) is 0 Å². The zero-order chi connectivity index (χ0) is 19.5. The van der Waals surface area contributed by atoms with Gasteiger partial charge in [-0.15, -0.1) is 0 Å². The van der Waals surface area contributed by atoms with Crippen LogP contribution in [0, 0.1) is 5.82 Å². The second kappa shape index (κ2) is 7.81. The molecule has 1 saturated heterocycles. The lowest BCUT2D eigenvalue weighted by molar-refractivity contribution is 0.0981. The molecule has 28 heavy (non-hydrogen) atoms. The number of hydrogen-bond donors (Lipinski definition) is 2. The molecule has 0 aliphatic carbocycles. The Hall–Kier alpha value is -3.20. The topological polar surface area (TPSA) is 88.2 Å². The number of rotatable bonds is 5. The fraction of sp³-hybridized carbons (Fsp3) is 0.316. The lowest BCUT2D eigenvalue weighted by atomic mass is 10.1. The largest absolute Gasteiger partial charge is 0.494 e. The molecular weight excluding hydrogens is 363 g/mol. The molecule has 2 N–H and O–H groups in total. The summed E-state index contributed by atoms with van der Waals surface area (Å²) in [4.78, 5) is 11.1. The van der Waals surface area contributed by atoms with Crippen LogP contribution in [0.5, 0.6) is 5.75 Å². The number of benzene rings is 1. The number of aromatic nitrogens is 4. The normalized spacial score (nSPS) is 16.8. The highest BCUT2D eigenvalue weighted by Crippen LogP contribution is 2.26. The Morgan fingerprint density at radius 3 is 2.96 bits per heavy atom. The summed E-state index contributed by atoms with van der Waals surface area (Å²) in [6, 6.07) is 8.53. The molecule has 3 heterocycles. The van der Waals surface area contributed by atoms with E-state index in [1.165, 1.54) is 13.2 Å². The van der Waals surface area contributed by atoms with Crippen molar-refractivity contribution in [1.82, 2.24) is 20.2 Å². The second-order valence-corrected chi connectivity index (χ2v) is 6.50. The lowest BCUT2D eigenvalue weighted by Gasteiger charge is -2.33. The van der Waals surface area contributed by atoms with Crippen LogP contribution in [0.3, 0.4) is 0 Å². The van der Waals surface area contributed by atoms with Gasteiger partial charge in [0.05, 0.1) is 32.1 Å². The first-order valence-corrected chi connectivity index (χ1v) is 8.98. The zero-order valence-corrected chi connectivity index (χ0v) is 15.6. The Bertz CT molecular complexity index is 963. The van der Waals surface area contributed by atoms with E-state index in [2.05, 4.69) is 37.3 Å². The van der Waals surface area contributed by atoms with Gasteiger partial charge in [0.25, 0.3) is 0 Å². The maximum atomic E-state index is 13.9. The predicted octanol–water partition coefficient (Wildman–Crippen LogP) is 2.98. The molecular formula is C19H21FN6O2. The molecule has 0 saturated carbocycles. The van der Waals surface area contributed by atoms with Crippen LogP contribution in [0.15, 0.2) is 36.5 Å². The molecule has 1 aromatic carbocycles. The van der Waals surface area contributed by atoms with Gasteiger partial charge in [0, 0.05) is 24.4 Å². The molecule has 146 valence electrons. The second-order valence-electron chi connectivity index (χ2n) is 6.50. The summed E-state index contributed by atoms with van der Waals surface area (Å²) >= 11 is 0. The van der Waals surface area contributed by atoms with E-state index in [1.54, 1.807) is 30.5 Å². The smallest absolute Gasteiger partial charge is 0.227 e. The highest BCUT2D eigenvalue weighted by molar-refractivity contribution is 5.66. The van der Waals surface area contributed by atoms with Gasteiger partial charge in [-0.25, -0.2) is 9.37 Å². The maximum absolute atomic E-state index is 13.9. The van der Waals surface area contributed by atoms with Crippen LogP contribution in [0.4, 0.5) is 22.0 Å². The number of hydrogen-bond acceptors (Lipinski definition) is 7. The lowest BCUT2D eigenvalue weighted by Crippen LogP contribution is -2.44. The monoisotopic (exact) mass is 384 g/mol. The van der Waals surface area contributed by atoms with Gasteiger partial charge >= 0.3 is 0 Å². The Labute approximate surface area is 161 Å². The van der Waals surface area contributed by atoms with Crippen molar-refractivity contribution < 1.29 is 13.9 Å². The van der Waals surface area contributed by atoms with Gasteiger partial charge in [0.1, 0.15) is 5.82 Å². The summed E-state index contributed by atoms with van der Waals surface area (Å²) in [6.07, 6.45) is 1.71. The number of ether oxygens (including phenoxy) is 2.